The lowest BCUT2D eigenvalue weighted by Crippen LogP contribution is -2.35. The van der Waals surface area contributed by atoms with E-state index in [9.17, 15) is 4.79 Å². The molecule has 0 unspecified atom stereocenters. The molecule has 0 spiro atoms. The van der Waals surface area contributed by atoms with Crippen LogP contribution in [0.1, 0.15) is 55.9 Å². The van der Waals surface area contributed by atoms with Crippen LogP contribution >= 0.6 is 0 Å². The van der Waals surface area contributed by atoms with Gasteiger partial charge in [0.1, 0.15) is 5.76 Å². The molecule has 0 aromatic carbocycles. The molecule has 0 aliphatic heterocycles. The number of hydrogen-bond donors (Lipinski definition) is 1. The Morgan fingerprint density at radius 3 is 2.56 bits per heavy atom. The lowest BCUT2D eigenvalue weighted by Gasteiger charge is -2.39. The molecule has 0 fully saturated rings. The van der Waals surface area contributed by atoms with Crippen molar-refractivity contribution in [2.24, 2.45) is 5.41 Å². The van der Waals surface area contributed by atoms with Gasteiger partial charge in [-0.1, -0.05) is 32.9 Å². The summed E-state index contributed by atoms with van der Waals surface area (Å²) in [5.41, 5.74) is 0.797. The van der Waals surface area contributed by atoms with E-state index in [-0.39, 0.29) is 16.5 Å². The van der Waals surface area contributed by atoms with Gasteiger partial charge in [0.2, 0.25) is 0 Å². The third-order valence-corrected chi connectivity index (χ3v) is 3.20. The summed E-state index contributed by atoms with van der Waals surface area (Å²) in [6, 6.07) is 0. The molecule has 0 amide bonds. The monoisotopic (exact) mass is 223 g/mol. The Morgan fingerprint density at radius 2 is 2.00 bits per heavy atom. The number of carboxylic acids is 1. The molecule has 2 rings (SSSR count). The van der Waals surface area contributed by atoms with Gasteiger partial charge in [0, 0.05) is 12.0 Å². The van der Waals surface area contributed by atoms with Gasteiger partial charge in [-0.25, -0.2) is 4.79 Å². The van der Waals surface area contributed by atoms with Gasteiger partial charge in [-0.15, -0.1) is 0 Å². The van der Waals surface area contributed by atoms with Crippen molar-refractivity contribution >= 4 is 5.97 Å². The minimum Gasteiger partial charge on any atom is -0.476 e. The Bertz CT molecular complexity index is 443. The molecule has 1 aromatic rings. The predicted molar refractivity (Wildman–Crippen MR) is 58.6 cm³/mol. The lowest BCUT2D eigenvalue weighted by molar-refractivity contribution is 0.0682. The van der Waals surface area contributed by atoms with Crippen molar-refractivity contribution in [3.05, 3.63) is 17.0 Å². The maximum atomic E-state index is 11.1. The van der Waals surface area contributed by atoms with Crippen LogP contribution in [0.4, 0.5) is 0 Å². The molecule has 0 bridgehead atoms. The number of rotatable bonds is 1. The number of nitrogens with zero attached hydrogens (tertiary/aromatic N) is 1. The maximum absolute atomic E-state index is 11.1. The van der Waals surface area contributed by atoms with Crippen molar-refractivity contribution < 1.29 is 14.4 Å². The summed E-state index contributed by atoms with van der Waals surface area (Å²) < 4.78 is 5.19. The fourth-order valence-electron chi connectivity index (χ4n) is 3.07. The second-order valence-electron chi connectivity index (χ2n) is 6.04. The first-order valence-corrected chi connectivity index (χ1v) is 5.45. The van der Waals surface area contributed by atoms with Gasteiger partial charge in [-0.3, -0.25) is 0 Å². The van der Waals surface area contributed by atoms with Gasteiger partial charge >= 0.3 is 5.97 Å². The zero-order chi connectivity index (χ0) is 12.1. The smallest absolute Gasteiger partial charge is 0.358 e. The van der Waals surface area contributed by atoms with Crippen molar-refractivity contribution in [1.29, 1.82) is 0 Å². The van der Waals surface area contributed by atoms with Crippen LogP contribution in [-0.2, 0) is 11.8 Å². The molecular formula is C12H17NO3. The van der Waals surface area contributed by atoms with Gasteiger partial charge in [0.15, 0.2) is 5.69 Å². The molecule has 0 saturated heterocycles. The lowest BCUT2D eigenvalue weighted by atomic mass is 9.64. The summed E-state index contributed by atoms with van der Waals surface area (Å²) in [5.74, 6) is -0.267. The van der Waals surface area contributed by atoms with Gasteiger partial charge in [-0.05, 0) is 17.3 Å². The third-order valence-electron chi connectivity index (χ3n) is 3.20. The van der Waals surface area contributed by atoms with E-state index in [1.165, 1.54) is 0 Å². The summed E-state index contributed by atoms with van der Waals surface area (Å²) in [6.07, 6.45) is 1.69. The van der Waals surface area contributed by atoms with Crippen molar-refractivity contribution in [2.75, 3.05) is 0 Å². The number of aromatic carboxylic acids is 1. The standard InChI is InChI=1S/C12H17NO3/c1-11(2)5-7-8(12(3,4)6-11)9(10(14)15)13-16-7/h5-6H2,1-4H3,(H,14,15). The quantitative estimate of drug-likeness (QED) is 0.794. The van der Waals surface area contributed by atoms with Crippen LogP contribution in [0, 0.1) is 5.41 Å². The summed E-state index contributed by atoms with van der Waals surface area (Å²) >= 11 is 0. The van der Waals surface area contributed by atoms with Gasteiger partial charge in [-0.2, -0.15) is 0 Å². The van der Waals surface area contributed by atoms with Gasteiger partial charge in [0.25, 0.3) is 0 Å². The minimum atomic E-state index is -1.00. The molecular weight excluding hydrogens is 206 g/mol. The van der Waals surface area contributed by atoms with Gasteiger partial charge < -0.3 is 9.63 Å². The Labute approximate surface area is 94.6 Å². The average molecular weight is 223 g/mol. The fourth-order valence-corrected chi connectivity index (χ4v) is 3.07. The summed E-state index contributed by atoms with van der Waals surface area (Å²) in [6.45, 7) is 8.44. The zero-order valence-corrected chi connectivity index (χ0v) is 10.1. The number of aromatic nitrogens is 1. The number of hydrogen-bond acceptors (Lipinski definition) is 3. The fraction of sp³-hybridized carbons (Fsp3) is 0.667. The first-order valence-electron chi connectivity index (χ1n) is 5.45. The van der Waals surface area contributed by atoms with E-state index >= 15 is 0 Å². The maximum Gasteiger partial charge on any atom is 0.358 e. The Kier molecular flexibility index (Phi) is 2.16. The first kappa shape index (κ1) is 11.2. The normalized spacial score (nSPS) is 21.5. The third kappa shape index (κ3) is 1.62. The highest BCUT2D eigenvalue weighted by Crippen LogP contribution is 2.46. The van der Waals surface area contributed by atoms with Crippen molar-refractivity contribution in [3.8, 4) is 0 Å². The van der Waals surface area contributed by atoms with E-state index in [0.29, 0.717) is 0 Å². The molecule has 4 heteroatoms. The molecule has 88 valence electrons. The molecule has 1 heterocycles. The minimum absolute atomic E-state index is 0.0792. The van der Waals surface area contributed by atoms with E-state index in [4.69, 9.17) is 9.63 Å². The van der Waals surface area contributed by atoms with E-state index in [2.05, 4.69) is 32.9 Å². The average Bonchev–Trinajstić information content (AvgIpc) is 2.43. The van der Waals surface area contributed by atoms with Crippen LogP contribution in [0.2, 0.25) is 0 Å². The highest BCUT2D eigenvalue weighted by Gasteiger charge is 2.43. The van der Waals surface area contributed by atoms with Crippen LogP contribution < -0.4 is 0 Å². The molecule has 16 heavy (non-hydrogen) atoms. The van der Waals surface area contributed by atoms with E-state index in [1.807, 2.05) is 0 Å². The van der Waals surface area contributed by atoms with Crippen LogP contribution in [0.15, 0.2) is 4.52 Å². The summed E-state index contributed by atoms with van der Waals surface area (Å²) in [4.78, 5) is 11.1. The van der Waals surface area contributed by atoms with Crippen LogP contribution in [0.3, 0.4) is 0 Å². The first-order chi connectivity index (χ1) is 7.23. The topological polar surface area (TPSA) is 63.3 Å². The van der Waals surface area contributed by atoms with Crippen molar-refractivity contribution in [1.82, 2.24) is 5.16 Å². The highest BCUT2D eigenvalue weighted by molar-refractivity contribution is 5.87. The number of carbonyl (C=O) groups is 1. The van der Waals surface area contributed by atoms with Crippen LogP contribution in [0.25, 0.3) is 0 Å². The van der Waals surface area contributed by atoms with E-state index in [1.54, 1.807) is 0 Å². The zero-order valence-electron chi connectivity index (χ0n) is 10.1. The van der Waals surface area contributed by atoms with Crippen LogP contribution in [-0.4, -0.2) is 16.2 Å². The van der Waals surface area contributed by atoms with E-state index in [0.717, 1.165) is 24.2 Å². The van der Waals surface area contributed by atoms with Crippen molar-refractivity contribution in [2.45, 2.75) is 46.0 Å². The van der Waals surface area contributed by atoms with Gasteiger partial charge in [0.05, 0.1) is 0 Å². The number of carboxylic acid groups (broad SMARTS) is 1. The summed E-state index contributed by atoms with van der Waals surface area (Å²) in [5, 5.41) is 12.8. The second kappa shape index (κ2) is 3.09. The Balaban J connectivity index is 2.58. The molecule has 0 saturated carbocycles. The Hall–Kier alpha value is -1.32. The largest absolute Gasteiger partial charge is 0.476 e. The SMILES string of the molecule is CC1(C)Cc2onc(C(=O)O)c2C(C)(C)C1. The summed E-state index contributed by atoms with van der Waals surface area (Å²) in [7, 11) is 0. The van der Waals surface area contributed by atoms with E-state index < -0.39 is 5.97 Å². The van der Waals surface area contributed by atoms with Crippen LogP contribution in [0.5, 0.6) is 0 Å². The molecule has 4 nitrogen and oxygen atoms in total. The van der Waals surface area contributed by atoms with Crippen molar-refractivity contribution in [3.63, 3.8) is 0 Å². The molecule has 1 aliphatic rings. The molecule has 0 atom stereocenters. The molecule has 1 aromatic heterocycles. The molecule has 1 aliphatic carbocycles. The number of fused-ring (bicyclic) bond motifs is 1. The predicted octanol–water partition coefficient (Wildman–Crippen LogP) is 2.62. The second-order valence-corrected chi connectivity index (χ2v) is 6.04. The molecule has 0 radical (unpaired) electrons. The molecule has 1 N–H and O–H groups in total. The Morgan fingerprint density at radius 1 is 1.38 bits per heavy atom. The highest BCUT2D eigenvalue weighted by atomic mass is 16.5.